The molecule has 0 atom stereocenters. The third kappa shape index (κ3) is 3.36. The lowest BCUT2D eigenvalue weighted by Gasteiger charge is -2.04. The summed E-state index contributed by atoms with van der Waals surface area (Å²) in [6.45, 7) is 6.84. The van der Waals surface area contributed by atoms with E-state index in [-0.39, 0.29) is 0 Å². The van der Waals surface area contributed by atoms with Gasteiger partial charge in [-0.2, -0.15) is 0 Å². The molecule has 0 aromatic carbocycles. The van der Waals surface area contributed by atoms with Crippen molar-refractivity contribution in [3.8, 4) is 0 Å². The van der Waals surface area contributed by atoms with Crippen molar-refractivity contribution in [3.05, 3.63) is 23.0 Å². The van der Waals surface area contributed by atoms with Crippen molar-refractivity contribution in [2.24, 2.45) is 7.05 Å². The maximum Gasteiger partial charge on any atom is 0.0734 e. The van der Waals surface area contributed by atoms with Gasteiger partial charge in [0.05, 0.1) is 6.61 Å². The molecule has 0 amide bonds. The lowest BCUT2D eigenvalue weighted by Crippen LogP contribution is -2.10. The van der Waals surface area contributed by atoms with Crippen LogP contribution < -0.4 is 5.32 Å². The third-order valence-electron chi connectivity index (χ3n) is 2.85. The summed E-state index contributed by atoms with van der Waals surface area (Å²) >= 11 is 0. The summed E-state index contributed by atoms with van der Waals surface area (Å²) in [6.07, 6.45) is 1.07. The second-order valence-electron chi connectivity index (χ2n) is 3.97. The standard InChI is InChI=1S/C12H22N2O/c1-10-8-12(11(2)14(10)4)9-15-7-5-6-13-3/h8,13H,5-7,9H2,1-4H3. The first-order valence-electron chi connectivity index (χ1n) is 5.51. The smallest absolute Gasteiger partial charge is 0.0734 e. The predicted molar refractivity (Wildman–Crippen MR) is 63.1 cm³/mol. The summed E-state index contributed by atoms with van der Waals surface area (Å²) in [5.41, 5.74) is 3.90. The maximum absolute atomic E-state index is 5.62. The summed E-state index contributed by atoms with van der Waals surface area (Å²) in [7, 11) is 4.06. The average molecular weight is 210 g/mol. The van der Waals surface area contributed by atoms with Crippen molar-refractivity contribution in [3.63, 3.8) is 0 Å². The average Bonchev–Trinajstić information content (AvgIpc) is 2.46. The van der Waals surface area contributed by atoms with Crippen molar-refractivity contribution in [1.82, 2.24) is 9.88 Å². The second kappa shape index (κ2) is 5.93. The fraction of sp³-hybridized carbons (Fsp3) is 0.667. The zero-order chi connectivity index (χ0) is 11.3. The Morgan fingerprint density at radius 1 is 1.40 bits per heavy atom. The zero-order valence-corrected chi connectivity index (χ0v) is 10.3. The number of aryl methyl sites for hydroxylation is 1. The number of ether oxygens (including phenoxy) is 1. The van der Waals surface area contributed by atoms with Crippen molar-refractivity contribution < 1.29 is 4.74 Å². The van der Waals surface area contributed by atoms with Crippen LogP contribution in [0.1, 0.15) is 23.4 Å². The number of rotatable bonds is 6. The number of nitrogens with zero attached hydrogens (tertiary/aromatic N) is 1. The second-order valence-corrected chi connectivity index (χ2v) is 3.97. The molecule has 0 aliphatic carbocycles. The van der Waals surface area contributed by atoms with Crippen LogP contribution >= 0.6 is 0 Å². The Kier molecular flexibility index (Phi) is 4.85. The van der Waals surface area contributed by atoms with Gasteiger partial charge < -0.3 is 14.6 Å². The van der Waals surface area contributed by atoms with E-state index in [2.05, 4.69) is 36.8 Å². The molecule has 3 heteroatoms. The van der Waals surface area contributed by atoms with Crippen molar-refractivity contribution in [2.45, 2.75) is 26.9 Å². The van der Waals surface area contributed by atoms with E-state index in [4.69, 9.17) is 4.74 Å². The Hall–Kier alpha value is -0.800. The van der Waals surface area contributed by atoms with Crippen LogP contribution in [0.5, 0.6) is 0 Å². The minimum atomic E-state index is 0.733. The fourth-order valence-corrected chi connectivity index (χ4v) is 1.61. The van der Waals surface area contributed by atoms with E-state index in [0.29, 0.717) is 0 Å². The lowest BCUT2D eigenvalue weighted by atomic mass is 10.2. The molecule has 15 heavy (non-hydrogen) atoms. The first-order valence-corrected chi connectivity index (χ1v) is 5.51. The monoisotopic (exact) mass is 210 g/mol. The van der Waals surface area contributed by atoms with Gasteiger partial charge in [-0.1, -0.05) is 0 Å². The van der Waals surface area contributed by atoms with Gasteiger partial charge in [0.15, 0.2) is 0 Å². The normalized spacial score (nSPS) is 10.9. The molecule has 0 bridgehead atoms. The highest BCUT2D eigenvalue weighted by Gasteiger charge is 2.05. The quantitative estimate of drug-likeness (QED) is 0.724. The number of aromatic nitrogens is 1. The Balaban J connectivity index is 2.34. The van der Waals surface area contributed by atoms with Crippen molar-refractivity contribution in [2.75, 3.05) is 20.2 Å². The summed E-state index contributed by atoms with van der Waals surface area (Å²) in [5.74, 6) is 0. The molecular formula is C12H22N2O. The summed E-state index contributed by atoms with van der Waals surface area (Å²) < 4.78 is 7.82. The van der Waals surface area contributed by atoms with Gasteiger partial charge in [-0.25, -0.2) is 0 Å². The molecule has 0 aliphatic rings. The van der Waals surface area contributed by atoms with Crippen LogP contribution in [-0.2, 0) is 18.4 Å². The number of hydrogen-bond donors (Lipinski definition) is 1. The largest absolute Gasteiger partial charge is 0.377 e. The highest BCUT2D eigenvalue weighted by molar-refractivity contribution is 5.25. The van der Waals surface area contributed by atoms with Crippen molar-refractivity contribution >= 4 is 0 Å². The SMILES string of the molecule is CNCCCOCc1cc(C)n(C)c1C. The van der Waals surface area contributed by atoms with Crippen LogP contribution in [0.3, 0.4) is 0 Å². The highest BCUT2D eigenvalue weighted by Crippen LogP contribution is 2.13. The molecule has 1 aromatic rings. The fourth-order valence-electron chi connectivity index (χ4n) is 1.61. The van der Waals surface area contributed by atoms with Gasteiger partial charge in [0.25, 0.3) is 0 Å². The van der Waals surface area contributed by atoms with Gasteiger partial charge >= 0.3 is 0 Å². The zero-order valence-electron chi connectivity index (χ0n) is 10.3. The van der Waals surface area contributed by atoms with Crippen LogP contribution in [0, 0.1) is 13.8 Å². The maximum atomic E-state index is 5.62. The van der Waals surface area contributed by atoms with Crippen LogP contribution in [-0.4, -0.2) is 24.8 Å². The molecule has 86 valence electrons. The minimum absolute atomic E-state index is 0.733. The first-order chi connectivity index (χ1) is 7.16. The summed E-state index contributed by atoms with van der Waals surface area (Å²) in [5, 5.41) is 3.11. The van der Waals surface area contributed by atoms with E-state index in [1.807, 2.05) is 7.05 Å². The topological polar surface area (TPSA) is 26.2 Å². The summed E-state index contributed by atoms with van der Waals surface area (Å²) in [6, 6.07) is 2.20. The van der Waals surface area contributed by atoms with Crippen LogP contribution in [0.2, 0.25) is 0 Å². The molecule has 1 aromatic heterocycles. The third-order valence-corrected chi connectivity index (χ3v) is 2.85. The van der Waals surface area contributed by atoms with E-state index in [0.717, 1.165) is 26.2 Å². The van der Waals surface area contributed by atoms with Crippen LogP contribution in [0.25, 0.3) is 0 Å². The molecule has 0 aliphatic heterocycles. The molecular weight excluding hydrogens is 188 g/mol. The van der Waals surface area contributed by atoms with E-state index in [1.165, 1.54) is 17.0 Å². The highest BCUT2D eigenvalue weighted by atomic mass is 16.5. The number of hydrogen-bond acceptors (Lipinski definition) is 2. The van der Waals surface area contributed by atoms with E-state index in [9.17, 15) is 0 Å². The Bertz CT molecular complexity index is 305. The molecule has 1 rings (SSSR count). The number of nitrogens with one attached hydrogen (secondary N) is 1. The Labute approximate surface area is 92.4 Å². The van der Waals surface area contributed by atoms with Crippen LogP contribution in [0.15, 0.2) is 6.07 Å². The summed E-state index contributed by atoms with van der Waals surface area (Å²) in [4.78, 5) is 0. The lowest BCUT2D eigenvalue weighted by molar-refractivity contribution is 0.118. The van der Waals surface area contributed by atoms with Crippen LogP contribution in [0.4, 0.5) is 0 Å². The molecule has 0 fully saturated rings. The molecule has 1 heterocycles. The van der Waals surface area contributed by atoms with Crippen molar-refractivity contribution in [1.29, 1.82) is 0 Å². The van der Waals surface area contributed by atoms with Gasteiger partial charge in [0.2, 0.25) is 0 Å². The molecule has 3 nitrogen and oxygen atoms in total. The van der Waals surface area contributed by atoms with Gasteiger partial charge in [-0.15, -0.1) is 0 Å². The molecule has 0 radical (unpaired) electrons. The molecule has 0 saturated carbocycles. The van der Waals surface area contributed by atoms with Gasteiger partial charge in [0, 0.05) is 25.0 Å². The molecule has 0 unspecified atom stereocenters. The minimum Gasteiger partial charge on any atom is -0.377 e. The first kappa shape index (κ1) is 12.3. The van der Waals surface area contributed by atoms with Gasteiger partial charge in [0.1, 0.15) is 0 Å². The Morgan fingerprint density at radius 3 is 2.67 bits per heavy atom. The molecule has 0 spiro atoms. The molecule has 0 saturated heterocycles. The van der Waals surface area contributed by atoms with E-state index < -0.39 is 0 Å². The van der Waals surface area contributed by atoms with E-state index >= 15 is 0 Å². The van der Waals surface area contributed by atoms with Gasteiger partial charge in [-0.3, -0.25) is 0 Å². The predicted octanol–water partition coefficient (Wildman–Crippen LogP) is 1.77. The molecule has 1 N–H and O–H groups in total. The Morgan fingerprint density at radius 2 is 2.13 bits per heavy atom. The van der Waals surface area contributed by atoms with Gasteiger partial charge in [-0.05, 0) is 45.5 Å². The van der Waals surface area contributed by atoms with E-state index in [1.54, 1.807) is 0 Å².